The van der Waals surface area contributed by atoms with Gasteiger partial charge in [0.15, 0.2) is 0 Å². The molecule has 1 fully saturated rings. The Kier molecular flexibility index (Phi) is 4.99. The molecule has 0 amide bonds. The van der Waals surface area contributed by atoms with Gasteiger partial charge in [-0.05, 0) is 19.2 Å². The Balaban J connectivity index is 1.79. The molecule has 0 radical (unpaired) electrons. The number of methoxy groups -OCH3 is 1. The van der Waals surface area contributed by atoms with Gasteiger partial charge in [-0.25, -0.2) is 4.39 Å². The van der Waals surface area contributed by atoms with Crippen molar-refractivity contribution in [1.82, 2.24) is 9.80 Å². The maximum atomic E-state index is 13.1. The molecule has 0 aliphatic carbocycles. The van der Waals surface area contributed by atoms with Crippen LogP contribution in [0.5, 0.6) is 5.75 Å². The van der Waals surface area contributed by atoms with Crippen LogP contribution < -0.4 is 10.1 Å². The maximum absolute atomic E-state index is 13.1. The zero-order valence-electron chi connectivity index (χ0n) is 11.7. The molecule has 0 unspecified atom stereocenters. The highest BCUT2D eigenvalue weighted by Crippen LogP contribution is 2.24. The number of nitrogens with zero attached hydrogens (tertiary/aromatic N) is 2. The predicted molar refractivity (Wildman–Crippen MR) is 75.4 cm³/mol. The minimum atomic E-state index is -0.276. The summed E-state index contributed by atoms with van der Waals surface area (Å²) in [5, 5.41) is 3.30. The Labute approximate surface area is 114 Å². The molecular weight excluding hydrogens is 245 g/mol. The molecule has 4 nitrogen and oxygen atoms in total. The van der Waals surface area contributed by atoms with Gasteiger partial charge in [0.1, 0.15) is 11.6 Å². The third-order valence-corrected chi connectivity index (χ3v) is 3.50. The van der Waals surface area contributed by atoms with E-state index in [-0.39, 0.29) is 5.82 Å². The number of ether oxygens (including phenoxy) is 1. The first-order chi connectivity index (χ1) is 9.19. The Morgan fingerprint density at radius 2 is 2.00 bits per heavy atom. The van der Waals surface area contributed by atoms with Crippen molar-refractivity contribution in [3.05, 3.63) is 24.0 Å². The maximum Gasteiger partial charge on any atom is 0.144 e. The second-order valence-corrected chi connectivity index (χ2v) is 4.92. The SMILES string of the molecule is COc1cc(F)ccc1NCCN1CCN(C)CC1. The summed E-state index contributed by atoms with van der Waals surface area (Å²) in [5.41, 5.74) is 0.845. The van der Waals surface area contributed by atoms with Crippen LogP contribution in [0.4, 0.5) is 10.1 Å². The van der Waals surface area contributed by atoms with Crippen LogP contribution in [-0.2, 0) is 0 Å². The molecular formula is C14H22FN3O. The lowest BCUT2D eigenvalue weighted by Crippen LogP contribution is -2.45. The van der Waals surface area contributed by atoms with Gasteiger partial charge in [0, 0.05) is 45.3 Å². The van der Waals surface area contributed by atoms with Crippen LogP contribution >= 0.6 is 0 Å². The molecule has 2 rings (SSSR count). The van der Waals surface area contributed by atoms with E-state index < -0.39 is 0 Å². The lowest BCUT2D eigenvalue weighted by Gasteiger charge is -2.32. The largest absolute Gasteiger partial charge is 0.494 e. The summed E-state index contributed by atoms with van der Waals surface area (Å²) in [6.45, 7) is 6.30. The zero-order chi connectivity index (χ0) is 13.7. The van der Waals surface area contributed by atoms with E-state index in [1.165, 1.54) is 12.1 Å². The van der Waals surface area contributed by atoms with E-state index in [2.05, 4.69) is 22.2 Å². The van der Waals surface area contributed by atoms with Gasteiger partial charge in [-0.15, -0.1) is 0 Å². The van der Waals surface area contributed by atoms with Gasteiger partial charge in [0.25, 0.3) is 0 Å². The Bertz CT molecular complexity index is 406. The average molecular weight is 267 g/mol. The second kappa shape index (κ2) is 6.73. The minimum Gasteiger partial charge on any atom is -0.494 e. The molecule has 0 saturated carbocycles. The van der Waals surface area contributed by atoms with Gasteiger partial charge in [-0.2, -0.15) is 0 Å². The molecule has 0 atom stereocenters. The molecule has 1 saturated heterocycles. The summed E-state index contributed by atoms with van der Waals surface area (Å²) in [4.78, 5) is 4.77. The number of halogens is 1. The van der Waals surface area contributed by atoms with Gasteiger partial charge >= 0.3 is 0 Å². The first kappa shape index (κ1) is 14.1. The number of rotatable bonds is 5. The van der Waals surface area contributed by atoms with Crippen LogP contribution in [0.3, 0.4) is 0 Å². The third-order valence-electron chi connectivity index (χ3n) is 3.50. The van der Waals surface area contributed by atoms with Gasteiger partial charge in [-0.1, -0.05) is 0 Å². The minimum absolute atomic E-state index is 0.276. The quantitative estimate of drug-likeness (QED) is 0.875. The summed E-state index contributed by atoms with van der Waals surface area (Å²) in [7, 11) is 3.71. The van der Waals surface area contributed by atoms with E-state index in [1.54, 1.807) is 13.2 Å². The van der Waals surface area contributed by atoms with Gasteiger partial charge in [0.05, 0.1) is 12.8 Å². The first-order valence-electron chi connectivity index (χ1n) is 6.67. The van der Waals surface area contributed by atoms with Crippen molar-refractivity contribution in [2.24, 2.45) is 0 Å². The standard InChI is InChI=1S/C14H22FN3O/c1-17-7-9-18(10-8-17)6-5-16-13-4-3-12(15)11-14(13)19-2/h3-4,11,16H,5-10H2,1-2H3. The lowest BCUT2D eigenvalue weighted by atomic mass is 10.2. The highest BCUT2D eigenvalue weighted by molar-refractivity contribution is 5.56. The number of hydrogen-bond donors (Lipinski definition) is 1. The first-order valence-corrected chi connectivity index (χ1v) is 6.67. The fourth-order valence-electron chi connectivity index (χ4n) is 2.23. The van der Waals surface area contributed by atoms with Gasteiger partial charge in [0.2, 0.25) is 0 Å². The molecule has 1 aliphatic rings. The molecule has 1 aliphatic heterocycles. The molecule has 106 valence electrons. The Morgan fingerprint density at radius 3 is 2.68 bits per heavy atom. The number of nitrogens with one attached hydrogen (secondary N) is 1. The van der Waals surface area contributed by atoms with E-state index in [9.17, 15) is 4.39 Å². The topological polar surface area (TPSA) is 27.7 Å². The summed E-state index contributed by atoms with van der Waals surface area (Å²) in [6.07, 6.45) is 0. The van der Waals surface area contributed by atoms with Crippen LogP contribution in [0.1, 0.15) is 0 Å². The summed E-state index contributed by atoms with van der Waals surface area (Å²) in [5.74, 6) is 0.278. The predicted octanol–water partition coefficient (Wildman–Crippen LogP) is 1.49. The molecule has 1 aromatic carbocycles. The van der Waals surface area contributed by atoms with Crippen molar-refractivity contribution >= 4 is 5.69 Å². The molecule has 1 N–H and O–H groups in total. The van der Waals surface area contributed by atoms with Crippen molar-refractivity contribution < 1.29 is 9.13 Å². The monoisotopic (exact) mass is 267 g/mol. The van der Waals surface area contributed by atoms with E-state index in [4.69, 9.17) is 4.74 Å². The van der Waals surface area contributed by atoms with Crippen molar-refractivity contribution in [1.29, 1.82) is 0 Å². The average Bonchev–Trinajstić information content (AvgIpc) is 2.42. The van der Waals surface area contributed by atoms with E-state index >= 15 is 0 Å². The number of hydrogen-bond acceptors (Lipinski definition) is 4. The smallest absolute Gasteiger partial charge is 0.144 e. The lowest BCUT2D eigenvalue weighted by molar-refractivity contribution is 0.158. The van der Waals surface area contributed by atoms with Crippen LogP contribution in [0.25, 0.3) is 0 Å². The molecule has 0 aromatic heterocycles. The van der Waals surface area contributed by atoms with E-state index in [0.29, 0.717) is 5.75 Å². The van der Waals surface area contributed by atoms with Crippen LogP contribution in [0, 0.1) is 5.82 Å². The normalized spacial score (nSPS) is 17.4. The van der Waals surface area contributed by atoms with Crippen molar-refractivity contribution in [2.45, 2.75) is 0 Å². The molecule has 1 heterocycles. The fraction of sp³-hybridized carbons (Fsp3) is 0.571. The zero-order valence-corrected chi connectivity index (χ0v) is 11.7. The van der Waals surface area contributed by atoms with Crippen LogP contribution in [-0.4, -0.2) is 63.2 Å². The van der Waals surface area contributed by atoms with Crippen molar-refractivity contribution in [3.63, 3.8) is 0 Å². The summed E-state index contributed by atoms with van der Waals surface area (Å²) in [6, 6.07) is 4.57. The molecule has 0 bridgehead atoms. The van der Waals surface area contributed by atoms with Gasteiger partial charge in [-0.3, -0.25) is 4.90 Å². The molecule has 1 aromatic rings. The third kappa shape index (κ3) is 4.08. The van der Waals surface area contributed by atoms with Gasteiger partial charge < -0.3 is 15.0 Å². The molecule has 19 heavy (non-hydrogen) atoms. The molecule has 5 heteroatoms. The summed E-state index contributed by atoms with van der Waals surface area (Å²) < 4.78 is 18.2. The number of benzene rings is 1. The van der Waals surface area contributed by atoms with Crippen molar-refractivity contribution in [3.8, 4) is 5.75 Å². The Morgan fingerprint density at radius 1 is 1.26 bits per heavy atom. The molecule has 0 spiro atoms. The summed E-state index contributed by atoms with van der Waals surface area (Å²) >= 11 is 0. The van der Waals surface area contributed by atoms with E-state index in [1.807, 2.05) is 0 Å². The van der Waals surface area contributed by atoms with Crippen LogP contribution in [0.15, 0.2) is 18.2 Å². The number of anilines is 1. The van der Waals surface area contributed by atoms with Crippen LogP contribution in [0.2, 0.25) is 0 Å². The second-order valence-electron chi connectivity index (χ2n) is 4.92. The Hall–Kier alpha value is -1.33. The number of likely N-dealkylation sites (N-methyl/N-ethyl adjacent to an activating group) is 1. The highest BCUT2D eigenvalue weighted by atomic mass is 19.1. The number of piperazine rings is 1. The highest BCUT2D eigenvalue weighted by Gasteiger charge is 2.13. The van der Waals surface area contributed by atoms with Crippen molar-refractivity contribution in [2.75, 3.05) is 58.7 Å². The van der Waals surface area contributed by atoms with E-state index in [0.717, 1.165) is 45.0 Å². The fourth-order valence-corrected chi connectivity index (χ4v) is 2.23.